The summed E-state index contributed by atoms with van der Waals surface area (Å²) in [6.45, 7) is 4.45. The van der Waals surface area contributed by atoms with E-state index in [-0.39, 0.29) is 5.91 Å². The lowest BCUT2D eigenvalue weighted by molar-refractivity contribution is 0.0629. The maximum atomic E-state index is 13.1. The number of ether oxygens (including phenoxy) is 1. The van der Waals surface area contributed by atoms with Gasteiger partial charge in [-0.2, -0.15) is 0 Å². The summed E-state index contributed by atoms with van der Waals surface area (Å²) < 4.78 is 7.29. The molecule has 28 heavy (non-hydrogen) atoms. The fourth-order valence-electron chi connectivity index (χ4n) is 3.93. The summed E-state index contributed by atoms with van der Waals surface area (Å²) in [7, 11) is 3.62. The van der Waals surface area contributed by atoms with Gasteiger partial charge in [-0.1, -0.05) is 30.3 Å². The number of benzene rings is 2. The summed E-state index contributed by atoms with van der Waals surface area (Å²) in [5.74, 6) is 0.921. The van der Waals surface area contributed by atoms with E-state index in [2.05, 4.69) is 35.2 Å². The number of methoxy groups -OCH3 is 1. The van der Waals surface area contributed by atoms with Crippen LogP contribution in [0.25, 0.3) is 10.9 Å². The van der Waals surface area contributed by atoms with Crippen LogP contribution < -0.4 is 4.74 Å². The lowest BCUT2D eigenvalue weighted by Crippen LogP contribution is -2.49. The Balaban J connectivity index is 1.38. The number of hydrogen-bond acceptors (Lipinski definition) is 3. The van der Waals surface area contributed by atoms with E-state index in [1.165, 1.54) is 5.56 Å². The largest absolute Gasteiger partial charge is 0.497 e. The van der Waals surface area contributed by atoms with Crippen LogP contribution in [0.2, 0.25) is 0 Å². The molecule has 0 N–H and O–H groups in total. The van der Waals surface area contributed by atoms with Crippen LogP contribution >= 0.6 is 0 Å². The van der Waals surface area contributed by atoms with Crippen molar-refractivity contribution in [3.05, 3.63) is 65.9 Å². The third kappa shape index (κ3) is 3.76. The topological polar surface area (TPSA) is 37.7 Å². The molecule has 0 radical (unpaired) electrons. The Bertz CT molecular complexity index is 957. The zero-order chi connectivity index (χ0) is 19.5. The SMILES string of the molecule is COc1ccc2c(c1)cc(C(=O)N1CCN(CCc3ccccc3)CC1)n2C. The average Bonchev–Trinajstić information content (AvgIpc) is 3.08. The van der Waals surface area contributed by atoms with Crippen LogP contribution in [-0.2, 0) is 13.5 Å². The first-order valence-corrected chi connectivity index (χ1v) is 9.85. The van der Waals surface area contributed by atoms with Gasteiger partial charge in [-0.15, -0.1) is 0 Å². The highest BCUT2D eigenvalue weighted by Crippen LogP contribution is 2.24. The lowest BCUT2D eigenvalue weighted by Gasteiger charge is -2.34. The number of nitrogens with zero attached hydrogens (tertiary/aromatic N) is 3. The summed E-state index contributed by atoms with van der Waals surface area (Å²) in [6.07, 6.45) is 1.06. The van der Waals surface area contributed by atoms with Crippen molar-refractivity contribution in [3.63, 3.8) is 0 Å². The van der Waals surface area contributed by atoms with E-state index in [9.17, 15) is 4.79 Å². The highest BCUT2D eigenvalue weighted by atomic mass is 16.5. The number of aromatic nitrogens is 1. The Labute approximate surface area is 166 Å². The van der Waals surface area contributed by atoms with Crippen LogP contribution in [0.1, 0.15) is 16.1 Å². The molecule has 2 heterocycles. The van der Waals surface area contributed by atoms with Gasteiger partial charge in [0, 0.05) is 50.7 Å². The van der Waals surface area contributed by atoms with Crippen molar-refractivity contribution in [2.24, 2.45) is 7.05 Å². The zero-order valence-electron chi connectivity index (χ0n) is 16.6. The van der Waals surface area contributed by atoms with E-state index in [4.69, 9.17) is 4.74 Å². The highest BCUT2D eigenvalue weighted by molar-refractivity contribution is 5.99. The van der Waals surface area contributed by atoms with E-state index >= 15 is 0 Å². The van der Waals surface area contributed by atoms with Crippen molar-refractivity contribution in [2.75, 3.05) is 39.8 Å². The summed E-state index contributed by atoms with van der Waals surface area (Å²) in [4.78, 5) is 17.5. The quantitative estimate of drug-likeness (QED) is 0.685. The van der Waals surface area contributed by atoms with Gasteiger partial charge in [-0.25, -0.2) is 0 Å². The molecule has 5 nitrogen and oxygen atoms in total. The van der Waals surface area contributed by atoms with Gasteiger partial charge in [0.05, 0.1) is 7.11 Å². The molecule has 5 heteroatoms. The van der Waals surface area contributed by atoms with E-state index in [0.717, 1.165) is 61.5 Å². The number of fused-ring (bicyclic) bond motifs is 1. The summed E-state index contributed by atoms with van der Waals surface area (Å²) in [5, 5.41) is 1.03. The van der Waals surface area contributed by atoms with Gasteiger partial charge in [-0.3, -0.25) is 9.69 Å². The third-order valence-corrected chi connectivity index (χ3v) is 5.69. The van der Waals surface area contributed by atoms with Gasteiger partial charge >= 0.3 is 0 Å². The molecule has 146 valence electrons. The van der Waals surface area contributed by atoms with Crippen LogP contribution in [0, 0.1) is 0 Å². The molecule has 1 fully saturated rings. The maximum Gasteiger partial charge on any atom is 0.270 e. The van der Waals surface area contributed by atoms with Crippen molar-refractivity contribution < 1.29 is 9.53 Å². The minimum atomic E-state index is 0.111. The normalized spacial score (nSPS) is 15.1. The first-order chi connectivity index (χ1) is 13.7. The third-order valence-electron chi connectivity index (χ3n) is 5.69. The molecule has 0 unspecified atom stereocenters. The molecule has 0 bridgehead atoms. The van der Waals surface area contributed by atoms with Gasteiger partial charge in [0.1, 0.15) is 11.4 Å². The minimum Gasteiger partial charge on any atom is -0.497 e. The molecule has 1 amide bonds. The summed E-state index contributed by atoms with van der Waals surface area (Å²) in [6, 6.07) is 18.5. The number of aryl methyl sites for hydroxylation is 1. The average molecular weight is 377 g/mol. The first-order valence-electron chi connectivity index (χ1n) is 9.85. The molecule has 0 aliphatic carbocycles. The Hall–Kier alpha value is -2.79. The number of carbonyl (C=O) groups excluding carboxylic acids is 1. The molecular weight excluding hydrogens is 350 g/mol. The van der Waals surface area contributed by atoms with Crippen LogP contribution in [0.5, 0.6) is 5.75 Å². The second kappa shape index (κ2) is 8.07. The lowest BCUT2D eigenvalue weighted by atomic mass is 10.1. The van der Waals surface area contributed by atoms with Crippen molar-refractivity contribution in [1.29, 1.82) is 0 Å². The Morgan fingerprint density at radius 1 is 1.00 bits per heavy atom. The fourth-order valence-corrected chi connectivity index (χ4v) is 3.93. The van der Waals surface area contributed by atoms with Crippen molar-refractivity contribution in [1.82, 2.24) is 14.4 Å². The predicted molar refractivity (Wildman–Crippen MR) is 112 cm³/mol. The number of amides is 1. The van der Waals surface area contributed by atoms with Gasteiger partial charge in [-0.05, 0) is 36.2 Å². The van der Waals surface area contributed by atoms with Crippen molar-refractivity contribution in [3.8, 4) is 5.75 Å². The van der Waals surface area contributed by atoms with E-state index < -0.39 is 0 Å². The first kappa shape index (κ1) is 18.6. The standard InChI is InChI=1S/C23H27N3O2/c1-24-21-9-8-20(28-2)16-19(21)17-22(24)23(27)26-14-12-25(13-15-26)11-10-18-6-4-3-5-7-18/h3-9,16-17H,10-15H2,1-2H3. The molecule has 1 aromatic heterocycles. The Kier molecular flexibility index (Phi) is 5.35. The molecule has 3 aromatic rings. The van der Waals surface area contributed by atoms with E-state index in [0.29, 0.717) is 0 Å². The van der Waals surface area contributed by atoms with E-state index in [1.54, 1.807) is 7.11 Å². The molecular formula is C23H27N3O2. The fraction of sp³-hybridized carbons (Fsp3) is 0.348. The van der Waals surface area contributed by atoms with Crippen molar-refractivity contribution in [2.45, 2.75) is 6.42 Å². The highest BCUT2D eigenvalue weighted by Gasteiger charge is 2.24. The number of rotatable bonds is 5. The van der Waals surface area contributed by atoms with Crippen LogP contribution in [0.15, 0.2) is 54.6 Å². The number of hydrogen-bond donors (Lipinski definition) is 0. The Morgan fingerprint density at radius 2 is 1.75 bits per heavy atom. The molecule has 1 saturated heterocycles. The maximum absolute atomic E-state index is 13.1. The molecule has 1 aliphatic rings. The van der Waals surface area contributed by atoms with E-state index in [1.807, 2.05) is 40.8 Å². The van der Waals surface area contributed by atoms with Gasteiger partial charge < -0.3 is 14.2 Å². The molecule has 4 rings (SSSR count). The number of piperazine rings is 1. The van der Waals surface area contributed by atoms with Gasteiger partial charge in [0.2, 0.25) is 0 Å². The molecule has 0 atom stereocenters. The van der Waals surface area contributed by atoms with Crippen LogP contribution in [0.4, 0.5) is 0 Å². The zero-order valence-corrected chi connectivity index (χ0v) is 16.6. The summed E-state index contributed by atoms with van der Waals surface area (Å²) >= 11 is 0. The van der Waals surface area contributed by atoms with Crippen LogP contribution in [-0.4, -0.2) is 60.1 Å². The van der Waals surface area contributed by atoms with Crippen LogP contribution in [0.3, 0.4) is 0 Å². The van der Waals surface area contributed by atoms with Gasteiger partial charge in [0.25, 0.3) is 5.91 Å². The number of carbonyl (C=O) groups is 1. The summed E-state index contributed by atoms with van der Waals surface area (Å²) in [5.41, 5.74) is 3.15. The smallest absolute Gasteiger partial charge is 0.270 e. The Morgan fingerprint density at radius 3 is 2.46 bits per heavy atom. The molecule has 0 spiro atoms. The van der Waals surface area contributed by atoms with Gasteiger partial charge in [0.15, 0.2) is 0 Å². The second-order valence-corrected chi connectivity index (χ2v) is 7.38. The second-order valence-electron chi connectivity index (χ2n) is 7.38. The molecule has 0 saturated carbocycles. The minimum absolute atomic E-state index is 0.111. The molecule has 1 aliphatic heterocycles. The molecule has 2 aromatic carbocycles. The monoisotopic (exact) mass is 377 g/mol. The predicted octanol–water partition coefficient (Wildman–Crippen LogP) is 3.19. The van der Waals surface area contributed by atoms with Crippen molar-refractivity contribution >= 4 is 16.8 Å².